The number of hydrogen-bond donors (Lipinski definition) is 0. The van der Waals surface area contributed by atoms with Crippen molar-refractivity contribution in [2.75, 3.05) is 6.54 Å². The van der Waals surface area contributed by atoms with Gasteiger partial charge in [0.15, 0.2) is 0 Å². The Morgan fingerprint density at radius 3 is 2.60 bits per heavy atom. The van der Waals surface area contributed by atoms with Gasteiger partial charge in [-0.2, -0.15) is 0 Å². The summed E-state index contributed by atoms with van der Waals surface area (Å²) < 4.78 is 3.67. The molecule has 0 aliphatic carbocycles. The molecule has 2 heteroatoms. The van der Waals surface area contributed by atoms with Gasteiger partial charge in [-0.15, -0.1) is 0 Å². The van der Waals surface area contributed by atoms with Gasteiger partial charge < -0.3 is 0 Å². The summed E-state index contributed by atoms with van der Waals surface area (Å²) >= 11 is 1.73. The average molecular weight is 102 g/mol. The molecule has 0 saturated heterocycles. The minimum atomic E-state index is 0.667. The molecular weight excluding hydrogens is 97.9 g/mol. The van der Waals surface area contributed by atoms with Crippen LogP contribution in [0.25, 0.3) is 0 Å². The molecule has 0 fully saturated rings. The number of nitrogens with zero attached hydrogens (tertiary/aromatic N) is 1. The number of rotatable bonds is 2. The molecule has 1 nitrogen and oxygen atoms in total. The van der Waals surface area contributed by atoms with Crippen LogP contribution >= 0.6 is 0 Å². The summed E-state index contributed by atoms with van der Waals surface area (Å²) in [5.74, 6) is 0. The van der Waals surface area contributed by atoms with Crippen molar-refractivity contribution in [3.63, 3.8) is 0 Å². The van der Waals surface area contributed by atoms with Crippen molar-refractivity contribution < 1.29 is 20.3 Å². The van der Waals surface area contributed by atoms with Crippen LogP contribution in [0.2, 0.25) is 0 Å². The van der Waals surface area contributed by atoms with Crippen molar-refractivity contribution in [2.45, 2.75) is 0 Å². The molecule has 0 aliphatic heterocycles. The topological polar surface area (TPSA) is 12.4 Å². The standard InChI is InChI=1S/C3H4N.Ti/c1-2-3-4;/h1-2H,3H2;/q-1;+1. The van der Waals surface area contributed by atoms with E-state index >= 15 is 0 Å². The molecular formula is C3H4NTi. The van der Waals surface area contributed by atoms with E-state index in [1.54, 1.807) is 20.3 Å². The van der Waals surface area contributed by atoms with Gasteiger partial charge in [0.2, 0.25) is 0 Å². The van der Waals surface area contributed by atoms with Gasteiger partial charge in [-0.3, -0.25) is 0 Å². The van der Waals surface area contributed by atoms with Crippen LogP contribution in [0.1, 0.15) is 0 Å². The average Bonchev–Trinajstić information content (AvgIpc) is 1.41. The first-order chi connectivity index (χ1) is 2.41. The molecule has 0 aromatic heterocycles. The first-order valence-electron chi connectivity index (χ1n) is 1.28. The third-order valence-corrected chi connectivity index (χ3v) is 0.482. The summed E-state index contributed by atoms with van der Waals surface area (Å²) in [4.78, 5) is 0. The van der Waals surface area contributed by atoms with Crippen LogP contribution in [0.4, 0.5) is 0 Å². The summed E-state index contributed by atoms with van der Waals surface area (Å²) in [7, 11) is 0. The third kappa shape index (κ3) is 4.25. The monoisotopic (exact) mass is 102 g/mol. The predicted octanol–water partition coefficient (Wildman–Crippen LogP) is 0.706. The Labute approximate surface area is 43.3 Å². The van der Waals surface area contributed by atoms with E-state index in [1.165, 1.54) is 6.08 Å². The van der Waals surface area contributed by atoms with E-state index < -0.39 is 0 Å². The zero-order valence-corrected chi connectivity index (χ0v) is 4.37. The van der Waals surface area contributed by atoms with Gasteiger partial charge in [-0.1, -0.05) is 0 Å². The van der Waals surface area contributed by atoms with E-state index in [0.29, 0.717) is 6.54 Å². The first kappa shape index (κ1) is 5.25. The van der Waals surface area contributed by atoms with Gasteiger partial charge in [-0.25, -0.2) is 0 Å². The quantitative estimate of drug-likeness (QED) is 0.359. The second-order valence-corrected chi connectivity index (χ2v) is 1.07. The van der Waals surface area contributed by atoms with Crippen molar-refractivity contribution in [2.24, 2.45) is 3.42 Å². The molecule has 0 amide bonds. The van der Waals surface area contributed by atoms with Crippen LogP contribution in [0.5, 0.6) is 0 Å². The predicted molar refractivity (Wildman–Crippen MR) is 16.2 cm³/mol. The maximum atomic E-state index is 4.92. The molecule has 0 spiro atoms. The molecule has 0 rings (SSSR count). The summed E-state index contributed by atoms with van der Waals surface area (Å²) in [5.41, 5.74) is 0. The molecule has 25 valence electrons. The Morgan fingerprint density at radius 1 is 2.00 bits per heavy atom. The van der Waals surface area contributed by atoms with E-state index in [1.807, 2.05) is 0 Å². The molecule has 0 bridgehead atoms. The fourth-order valence-electron chi connectivity index (χ4n) is 0.0527. The van der Waals surface area contributed by atoms with Gasteiger partial charge in [0.25, 0.3) is 0 Å². The van der Waals surface area contributed by atoms with Gasteiger partial charge in [0.1, 0.15) is 0 Å². The van der Waals surface area contributed by atoms with Crippen LogP contribution in [0, 0.1) is 6.58 Å². The van der Waals surface area contributed by atoms with Crippen LogP contribution < -0.4 is 0 Å². The van der Waals surface area contributed by atoms with Gasteiger partial charge in [0.05, 0.1) is 0 Å². The summed E-state index contributed by atoms with van der Waals surface area (Å²) in [6.07, 6.45) is 1.51. The van der Waals surface area contributed by atoms with Crippen LogP contribution in [-0.2, 0) is 20.3 Å². The van der Waals surface area contributed by atoms with Crippen LogP contribution in [0.3, 0.4) is 0 Å². The summed E-state index contributed by atoms with van der Waals surface area (Å²) in [6, 6.07) is 0. The molecule has 0 atom stereocenters. The van der Waals surface area contributed by atoms with Crippen molar-refractivity contribution in [3.05, 3.63) is 12.7 Å². The van der Waals surface area contributed by atoms with E-state index in [-0.39, 0.29) is 0 Å². The second kappa shape index (κ2) is 4.25. The van der Waals surface area contributed by atoms with Crippen molar-refractivity contribution in [3.8, 4) is 0 Å². The zero-order chi connectivity index (χ0) is 4.12. The molecule has 0 aromatic carbocycles. The fraction of sp³-hybridized carbons (Fsp3) is 0.333. The van der Waals surface area contributed by atoms with E-state index in [9.17, 15) is 0 Å². The second-order valence-electron chi connectivity index (χ2n) is 0.576. The Balaban J connectivity index is 2.65. The Bertz CT molecular complexity index is 36.2. The van der Waals surface area contributed by atoms with Crippen molar-refractivity contribution in [1.29, 1.82) is 0 Å². The summed E-state index contributed by atoms with van der Waals surface area (Å²) in [6.45, 7) is 5.59. The maximum absolute atomic E-state index is 4.92. The van der Waals surface area contributed by atoms with E-state index in [0.717, 1.165) is 0 Å². The van der Waals surface area contributed by atoms with Crippen molar-refractivity contribution in [1.82, 2.24) is 0 Å². The van der Waals surface area contributed by atoms with Gasteiger partial charge >= 0.3 is 42.9 Å². The minimum absolute atomic E-state index is 0.667. The SMILES string of the molecule is [CH-]=CC[N]=[Ti+]. The molecule has 0 unspecified atom stereocenters. The Morgan fingerprint density at radius 2 is 2.60 bits per heavy atom. The zero-order valence-electron chi connectivity index (χ0n) is 2.81. The van der Waals surface area contributed by atoms with Crippen LogP contribution in [0.15, 0.2) is 9.49 Å². The fourth-order valence-corrected chi connectivity index (χ4v) is 0.217. The molecule has 0 saturated carbocycles. The van der Waals surface area contributed by atoms with E-state index in [2.05, 4.69) is 3.42 Å². The first-order valence-corrected chi connectivity index (χ1v) is 1.98. The molecule has 0 heterocycles. The van der Waals surface area contributed by atoms with Gasteiger partial charge in [-0.05, 0) is 0 Å². The van der Waals surface area contributed by atoms with Crippen molar-refractivity contribution >= 4 is 0 Å². The Hall–Kier alpha value is 0.254. The van der Waals surface area contributed by atoms with Crippen LogP contribution in [-0.4, -0.2) is 6.54 Å². The third-order valence-electron chi connectivity index (χ3n) is 0.197. The molecule has 5 heavy (non-hydrogen) atoms. The molecule has 0 aromatic rings. The Kier molecular flexibility index (Phi) is 4.47. The number of hydrogen-bond acceptors (Lipinski definition) is 1. The summed E-state index contributed by atoms with van der Waals surface area (Å²) in [5, 5.41) is 0. The van der Waals surface area contributed by atoms with Gasteiger partial charge in [0, 0.05) is 0 Å². The molecule has 0 N–H and O–H groups in total. The normalized spacial score (nSPS) is 6.80. The molecule has 0 radical (unpaired) electrons. The molecule has 0 aliphatic rings. The van der Waals surface area contributed by atoms with E-state index in [4.69, 9.17) is 6.58 Å².